The minimum absolute atomic E-state index is 0.109. The molecule has 2 N–H and O–H groups in total. The summed E-state index contributed by atoms with van der Waals surface area (Å²) in [6, 6.07) is 0.109. The van der Waals surface area contributed by atoms with E-state index in [9.17, 15) is 5.11 Å². The third-order valence-electron chi connectivity index (χ3n) is 2.09. The first kappa shape index (κ1) is 9.88. The fraction of sp³-hybridized carbons (Fsp3) is 1.00. The first-order valence-electron chi connectivity index (χ1n) is 3.49. The van der Waals surface area contributed by atoms with Gasteiger partial charge >= 0.3 is 0 Å². The van der Waals surface area contributed by atoms with Crippen molar-refractivity contribution >= 4 is 0 Å². The molecule has 0 saturated carbocycles. The van der Waals surface area contributed by atoms with E-state index in [-0.39, 0.29) is 6.04 Å². The first-order valence-corrected chi connectivity index (χ1v) is 3.49. The smallest absolute Gasteiger partial charge is 0.128 e. The van der Waals surface area contributed by atoms with Crippen molar-refractivity contribution < 1.29 is 5.11 Å². The fourth-order valence-electron chi connectivity index (χ4n) is 0.712. The van der Waals surface area contributed by atoms with Crippen molar-refractivity contribution in [1.29, 1.82) is 0 Å². The van der Waals surface area contributed by atoms with E-state index < -0.39 is 5.72 Å². The summed E-state index contributed by atoms with van der Waals surface area (Å²) in [6.07, 6.45) is 0. The lowest BCUT2D eigenvalue weighted by Gasteiger charge is -2.34. The zero-order chi connectivity index (χ0) is 8.36. The highest BCUT2D eigenvalue weighted by Gasteiger charge is 2.27. The molecule has 10 heavy (non-hydrogen) atoms. The average Bonchev–Trinajstić information content (AvgIpc) is 1.86. The van der Waals surface area contributed by atoms with E-state index in [1.165, 1.54) is 0 Å². The Kier molecular flexibility index (Phi) is 3.28. The molecule has 3 nitrogen and oxygen atoms in total. The molecule has 0 amide bonds. The first-order chi connectivity index (χ1) is 4.41. The van der Waals surface area contributed by atoms with Gasteiger partial charge in [0.1, 0.15) is 5.72 Å². The number of likely N-dealkylation sites (N-methyl/N-ethyl adjacent to an activating group) is 2. The highest BCUT2D eigenvalue weighted by molar-refractivity contribution is 4.79. The van der Waals surface area contributed by atoms with Gasteiger partial charge in [-0.2, -0.15) is 0 Å². The summed E-state index contributed by atoms with van der Waals surface area (Å²) in [5.41, 5.74) is -0.802. The van der Waals surface area contributed by atoms with Gasteiger partial charge in [0.05, 0.1) is 0 Å². The molecule has 0 fully saturated rings. The number of rotatable bonds is 3. The van der Waals surface area contributed by atoms with Crippen LogP contribution in [0.25, 0.3) is 0 Å². The maximum absolute atomic E-state index is 9.61. The molecule has 0 rings (SSSR count). The van der Waals surface area contributed by atoms with Crippen LogP contribution in [0.2, 0.25) is 0 Å². The fourth-order valence-corrected chi connectivity index (χ4v) is 0.712. The zero-order valence-electron chi connectivity index (χ0n) is 7.47. The van der Waals surface area contributed by atoms with Crippen molar-refractivity contribution in [3.8, 4) is 0 Å². The second-order valence-electron chi connectivity index (χ2n) is 3.04. The Hall–Kier alpha value is -0.120. The maximum atomic E-state index is 9.61. The molecule has 2 unspecified atom stereocenters. The van der Waals surface area contributed by atoms with Gasteiger partial charge in [-0.05, 0) is 35.0 Å². The lowest BCUT2D eigenvalue weighted by molar-refractivity contribution is -0.0328. The topological polar surface area (TPSA) is 35.5 Å². The van der Waals surface area contributed by atoms with Gasteiger partial charge in [-0.15, -0.1) is 0 Å². The molecule has 0 aliphatic carbocycles. The summed E-state index contributed by atoms with van der Waals surface area (Å²) in [5.74, 6) is 0. The highest BCUT2D eigenvalue weighted by Crippen LogP contribution is 2.08. The molecule has 0 aromatic rings. The molecule has 0 spiro atoms. The molecule has 3 heteroatoms. The molecule has 0 aromatic carbocycles. The summed E-state index contributed by atoms with van der Waals surface area (Å²) in [4.78, 5) is 1.97. The lowest BCUT2D eigenvalue weighted by Crippen LogP contribution is -2.54. The van der Waals surface area contributed by atoms with Gasteiger partial charge in [0, 0.05) is 6.04 Å². The maximum Gasteiger partial charge on any atom is 0.128 e. The largest absolute Gasteiger partial charge is 0.375 e. The third kappa shape index (κ3) is 2.25. The number of hydrogen-bond donors (Lipinski definition) is 2. The predicted octanol–water partition coefficient (Wildman–Crippen LogP) is -0.136. The molecule has 0 saturated heterocycles. The SMILES string of the molecule is CNC(C)(O)C(C)N(C)C. The molecule has 0 bridgehead atoms. The van der Waals surface area contributed by atoms with Crippen LogP contribution in [0, 0.1) is 0 Å². The van der Waals surface area contributed by atoms with E-state index in [2.05, 4.69) is 5.32 Å². The summed E-state index contributed by atoms with van der Waals surface area (Å²) in [6.45, 7) is 3.73. The van der Waals surface area contributed by atoms with Crippen molar-refractivity contribution in [2.75, 3.05) is 21.1 Å². The van der Waals surface area contributed by atoms with Gasteiger partial charge in [0.2, 0.25) is 0 Å². The van der Waals surface area contributed by atoms with Crippen molar-refractivity contribution in [2.24, 2.45) is 0 Å². The molecule has 2 atom stereocenters. The Morgan fingerprint density at radius 2 is 1.90 bits per heavy atom. The summed E-state index contributed by atoms with van der Waals surface area (Å²) >= 11 is 0. The average molecular weight is 146 g/mol. The van der Waals surface area contributed by atoms with Gasteiger partial charge in [0.25, 0.3) is 0 Å². The predicted molar refractivity (Wildman–Crippen MR) is 42.8 cm³/mol. The zero-order valence-corrected chi connectivity index (χ0v) is 7.47. The quantitative estimate of drug-likeness (QED) is 0.544. The minimum atomic E-state index is -0.802. The van der Waals surface area contributed by atoms with Crippen LogP contribution in [0.15, 0.2) is 0 Å². The molecule has 0 heterocycles. The van der Waals surface area contributed by atoms with Crippen LogP contribution in [-0.2, 0) is 0 Å². The van der Waals surface area contributed by atoms with E-state index in [1.807, 2.05) is 25.9 Å². The standard InChI is InChI=1S/C7H18N2O/c1-6(9(4)5)7(2,10)8-3/h6,8,10H,1-5H3. The Morgan fingerprint density at radius 1 is 1.50 bits per heavy atom. The van der Waals surface area contributed by atoms with Crippen LogP contribution < -0.4 is 5.32 Å². The van der Waals surface area contributed by atoms with Crippen molar-refractivity contribution in [2.45, 2.75) is 25.6 Å². The van der Waals surface area contributed by atoms with E-state index in [0.29, 0.717) is 0 Å². The Bertz CT molecular complexity index is 102. The second kappa shape index (κ2) is 3.32. The number of nitrogens with one attached hydrogen (secondary N) is 1. The van der Waals surface area contributed by atoms with Crippen LogP contribution in [0.4, 0.5) is 0 Å². The van der Waals surface area contributed by atoms with Gasteiger partial charge in [-0.1, -0.05) is 0 Å². The van der Waals surface area contributed by atoms with E-state index in [4.69, 9.17) is 0 Å². The lowest BCUT2D eigenvalue weighted by atomic mass is 10.1. The van der Waals surface area contributed by atoms with Gasteiger partial charge in [0.15, 0.2) is 0 Å². The van der Waals surface area contributed by atoms with Gasteiger partial charge < -0.3 is 10.0 Å². The molecule has 62 valence electrons. The Balaban J connectivity index is 4.03. The highest BCUT2D eigenvalue weighted by atomic mass is 16.3. The summed E-state index contributed by atoms with van der Waals surface area (Å²) in [7, 11) is 5.63. The molecule has 0 radical (unpaired) electrons. The van der Waals surface area contributed by atoms with E-state index in [1.54, 1.807) is 14.0 Å². The third-order valence-corrected chi connectivity index (χ3v) is 2.09. The van der Waals surface area contributed by atoms with Crippen LogP contribution in [-0.4, -0.2) is 42.9 Å². The molecule has 0 aliphatic heterocycles. The van der Waals surface area contributed by atoms with Gasteiger partial charge in [-0.3, -0.25) is 5.32 Å². The van der Waals surface area contributed by atoms with Crippen LogP contribution in [0.1, 0.15) is 13.8 Å². The summed E-state index contributed by atoms with van der Waals surface area (Å²) < 4.78 is 0. The number of nitrogens with zero attached hydrogens (tertiary/aromatic N) is 1. The minimum Gasteiger partial charge on any atom is -0.375 e. The Labute approximate surface area is 63.0 Å². The number of aliphatic hydroxyl groups is 1. The molecule has 0 aliphatic rings. The molecule has 0 aromatic heterocycles. The van der Waals surface area contributed by atoms with Crippen molar-refractivity contribution in [1.82, 2.24) is 10.2 Å². The van der Waals surface area contributed by atoms with E-state index in [0.717, 1.165) is 0 Å². The van der Waals surface area contributed by atoms with E-state index >= 15 is 0 Å². The monoisotopic (exact) mass is 146 g/mol. The second-order valence-corrected chi connectivity index (χ2v) is 3.04. The summed E-state index contributed by atoms with van der Waals surface area (Å²) in [5, 5.41) is 12.4. The Morgan fingerprint density at radius 3 is 2.00 bits per heavy atom. The molecular weight excluding hydrogens is 128 g/mol. The van der Waals surface area contributed by atoms with Crippen LogP contribution in [0.3, 0.4) is 0 Å². The van der Waals surface area contributed by atoms with Crippen molar-refractivity contribution in [3.63, 3.8) is 0 Å². The molecular formula is C7H18N2O. The van der Waals surface area contributed by atoms with Crippen molar-refractivity contribution in [3.05, 3.63) is 0 Å². The van der Waals surface area contributed by atoms with Crippen LogP contribution >= 0.6 is 0 Å². The number of hydrogen-bond acceptors (Lipinski definition) is 3. The van der Waals surface area contributed by atoms with Crippen LogP contribution in [0.5, 0.6) is 0 Å². The normalized spacial score (nSPS) is 20.7. The van der Waals surface area contributed by atoms with Gasteiger partial charge in [-0.25, -0.2) is 0 Å².